The van der Waals surface area contributed by atoms with Crippen LogP contribution >= 0.6 is 0 Å². The van der Waals surface area contributed by atoms with E-state index in [2.05, 4.69) is 0 Å². The van der Waals surface area contributed by atoms with Gasteiger partial charge in [0, 0.05) is 38.2 Å². The van der Waals surface area contributed by atoms with E-state index >= 15 is 0 Å². The van der Waals surface area contributed by atoms with Crippen molar-refractivity contribution in [1.29, 1.82) is 0 Å². The molecule has 0 radical (unpaired) electrons. The topological polar surface area (TPSA) is 88.1 Å². The van der Waals surface area contributed by atoms with E-state index in [-0.39, 0.29) is 37.0 Å². The van der Waals surface area contributed by atoms with Crippen LogP contribution in [0.15, 0.2) is 0 Å². The van der Waals surface area contributed by atoms with Crippen LogP contribution in [0.25, 0.3) is 0 Å². The molecule has 0 aromatic carbocycles. The second-order valence-electron chi connectivity index (χ2n) is 8.11. The molecule has 0 N–H and O–H groups in total. The highest BCUT2D eigenvalue weighted by atomic mass is 16.5. The molecule has 0 saturated carbocycles. The zero-order chi connectivity index (χ0) is 21.1. The molecule has 0 aromatic rings. The zero-order valence-electron chi connectivity index (χ0n) is 17.9. The minimum absolute atomic E-state index is 0.0829. The van der Waals surface area contributed by atoms with Gasteiger partial charge < -0.3 is 18.9 Å². The summed E-state index contributed by atoms with van der Waals surface area (Å²) in [5.41, 5.74) is -0.824. The fourth-order valence-corrected chi connectivity index (χ4v) is 3.42. The molecular weight excluding hydrogens is 352 g/mol. The first-order chi connectivity index (χ1) is 12.4. The fourth-order valence-electron chi connectivity index (χ4n) is 3.42. The lowest BCUT2D eigenvalue weighted by Gasteiger charge is -2.40. The van der Waals surface area contributed by atoms with Gasteiger partial charge in [0.05, 0.1) is 26.4 Å². The second kappa shape index (κ2) is 12.0. The Morgan fingerprint density at radius 2 is 1.30 bits per heavy atom. The summed E-state index contributed by atoms with van der Waals surface area (Å²) in [6.07, 6.45) is 1.29. The lowest BCUT2D eigenvalue weighted by atomic mass is 9.70. The first-order valence-corrected chi connectivity index (χ1v) is 9.39. The highest BCUT2D eigenvalue weighted by molar-refractivity contribution is 5.66. The van der Waals surface area contributed by atoms with Gasteiger partial charge in [-0.3, -0.25) is 14.4 Å². The molecule has 0 heterocycles. The molecule has 0 rings (SSSR count). The van der Waals surface area contributed by atoms with E-state index in [1.54, 1.807) is 0 Å². The van der Waals surface area contributed by atoms with Crippen LogP contribution < -0.4 is 0 Å². The van der Waals surface area contributed by atoms with Crippen molar-refractivity contribution in [2.45, 2.75) is 61.3 Å². The Balaban J connectivity index is 5.29. The summed E-state index contributed by atoms with van der Waals surface area (Å²) in [6.45, 7) is 13.8. The first-order valence-electron chi connectivity index (χ1n) is 9.39. The summed E-state index contributed by atoms with van der Waals surface area (Å²) >= 11 is 0. The van der Waals surface area contributed by atoms with Crippen molar-refractivity contribution in [2.24, 2.45) is 16.7 Å². The average molecular weight is 389 g/mol. The van der Waals surface area contributed by atoms with Crippen LogP contribution in [0.1, 0.15) is 61.3 Å². The molecule has 0 aliphatic carbocycles. The molecule has 3 atom stereocenters. The first kappa shape index (κ1) is 25.4. The Morgan fingerprint density at radius 3 is 1.74 bits per heavy atom. The Hall–Kier alpha value is -1.63. The average Bonchev–Trinajstić information content (AvgIpc) is 2.55. The minimum Gasteiger partial charge on any atom is -0.466 e. The molecule has 0 aromatic heterocycles. The summed E-state index contributed by atoms with van der Waals surface area (Å²) in [7, 11) is 0. The molecule has 0 bridgehead atoms. The summed E-state index contributed by atoms with van der Waals surface area (Å²) < 4.78 is 21.3. The molecule has 0 spiro atoms. The number of carbonyl (C=O) groups excluding carboxylic acids is 3. The van der Waals surface area contributed by atoms with E-state index < -0.39 is 10.8 Å². The van der Waals surface area contributed by atoms with Crippen LogP contribution in [0.4, 0.5) is 0 Å². The van der Waals surface area contributed by atoms with Gasteiger partial charge in [0.25, 0.3) is 0 Å². The van der Waals surface area contributed by atoms with E-state index in [1.807, 2.05) is 27.7 Å². The lowest BCUT2D eigenvalue weighted by Crippen LogP contribution is -2.39. The monoisotopic (exact) mass is 388 g/mol. The van der Waals surface area contributed by atoms with Gasteiger partial charge in [-0.2, -0.15) is 0 Å². The normalized spacial score (nSPS) is 16.6. The van der Waals surface area contributed by atoms with Gasteiger partial charge in [-0.05, 0) is 25.7 Å². The SMILES string of the molecule is CCOC[C@](C)(COC(C)=O)C[C@@](C)(COC(C)=O)C[C@@H](C)COC(C)=O. The van der Waals surface area contributed by atoms with E-state index in [4.69, 9.17) is 18.9 Å². The molecule has 0 aliphatic rings. The Labute approximate surface area is 163 Å². The maximum absolute atomic E-state index is 11.4. The van der Waals surface area contributed by atoms with Gasteiger partial charge in [-0.25, -0.2) is 0 Å². The fraction of sp³-hybridized carbons (Fsp3) is 0.850. The summed E-state index contributed by atoms with van der Waals surface area (Å²) in [5, 5.41) is 0. The van der Waals surface area contributed by atoms with Gasteiger partial charge in [0.2, 0.25) is 0 Å². The Morgan fingerprint density at radius 1 is 0.815 bits per heavy atom. The number of rotatable bonds is 13. The van der Waals surface area contributed by atoms with Crippen LogP contribution in [0.5, 0.6) is 0 Å². The van der Waals surface area contributed by atoms with Crippen molar-refractivity contribution < 1.29 is 33.3 Å². The van der Waals surface area contributed by atoms with Gasteiger partial charge in [0.1, 0.15) is 0 Å². The van der Waals surface area contributed by atoms with Crippen LogP contribution in [0.2, 0.25) is 0 Å². The van der Waals surface area contributed by atoms with E-state index in [0.717, 1.165) is 0 Å². The molecule has 7 nitrogen and oxygen atoms in total. The third kappa shape index (κ3) is 12.4. The number of carbonyl (C=O) groups is 3. The van der Waals surface area contributed by atoms with Crippen molar-refractivity contribution in [3.05, 3.63) is 0 Å². The number of esters is 3. The van der Waals surface area contributed by atoms with Gasteiger partial charge >= 0.3 is 17.9 Å². The van der Waals surface area contributed by atoms with Crippen molar-refractivity contribution in [3.63, 3.8) is 0 Å². The van der Waals surface area contributed by atoms with E-state index in [0.29, 0.717) is 32.7 Å². The van der Waals surface area contributed by atoms with Crippen molar-refractivity contribution in [3.8, 4) is 0 Å². The Kier molecular flexibility index (Phi) is 11.2. The molecule has 27 heavy (non-hydrogen) atoms. The largest absolute Gasteiger partial charge is 0.466 e. The molecule has 7 heteroatoms. The summed E-state index contributed by atoms with van der Waals surface area (Å²) in [4.78, 5) is 33.7. The van der Waals surface area contributed by atoms with Crippen molar-refractivity contribution >= 4 is 17.9 Å². The third-order valence-electron chi connectivity index (χ3n) is 4.17. The van der Waals surface area contributed by atoms with Gasteiger partial charge in [0.15, 0.2) is 0 Å². The molecule has 0 fully saturated rings. The highest BCUT2D eigenvalue weighted by Gasteiger charge is 2.38. The van der Waals surface area contributed by atoms with Crippen LogP contribution in [-0.4, -0.2) is 50.9 Å². The summed E-state index contributed by atoms with van der Waals surface area (Å²) in [6, 6.07) is 0. The highest BCUT2D eigenvalue weighted by Crippen LogP contribution is 2.40. The number of hydrogen-bond donors (Lipinski definition) is 0. The molecule has 0 aliphatic heterocycles. The molecule has 0 amide bonds. The molecular formula is C20H36O7. The van der Waals surface area contributed by atoms with Gasteiger partial charge in [-0.15, -0.1) is 0 Å². The van der Waals surface area contributed by atoms with Crippen LogP contribution in [0, 0.1) is 16.7 Å². The smallest absolute Gasteiger partial charge is 0.302 e. The van der Waals surface area contributed by atoms with Crippen LogP contribution in [0.3, 0.4) is 0 Å². The quantitative estimate of drug-likeness (QED) is 0.354. The van der Waals surface area contributed by atoms with E-state index in [9.17, 15) is 14.4 Å². The maximum Gasteiger partial charge on any atom is 0.302 e. The third-order valence-corrected chi connectivity index (χ3v) is 4.17. The molecule has 0 unspecified atom stereocenters. The molecule has 158 valence electrons. The minimum atomic E-state index is -0.433. The number of ether oxygens (including phenoxy) is 4. The zero-order valence-corrected chi connectivity index (χ0v) is 17.9. The summed E-state index contributed by atoms with van der Waals surface area (Å²) in [5.74, 6) is -0.929. The predicted octanol–water partition coefficient (Wildman–Crippen LogP) is 3.14. The number of hydrogen-bond acceptors (Lipinski definition) is 7. The molecule has 0 saturated heterocycles. The standard InChI is InChI=1S/C20H36O7/c1-8-24-12-20(7,14-27-18(5)23)11-19(6,13-26-17(4)22)9-15(2)10-25-16(3)21/h15H,8-14H2,1-7H3/t15-,19+,20-/m1/s1. The van der Waals surface area contributed by atoms with Crippen molar-refractivity contribution in [1.82, 2.24) is 0 Å². The van der Waals surface area contributed by atoms with Crippen molar-refractivity contribution in [2.75, 3.05) is 33.0 Å². The van der Waals surface area contributed by atoms with E-state index in [1.165, 1.54) is 20.8 Å². The Bertz CT molecular complexity index is 491. The maximum atomic E-state index is 11.4. The van der Waals surface area contributed by atoms with Gasteiger partial charge in [-0.1, -0.05) is 20.8 Å². The lowest BCUT2D eigenvalue weighted by molar-refractivity contribution is -0.149. The second-order valence-corrected chi connectivity index (χ2v) is 8.11. The predicted molar refractivity (Wildman–Crippen MR) is 101 cm³/mol. The van der Waals surface area contributed by atoms with Crippen LogP contribution in [-0.2, 0) is 33.3 Å².